The first-order valence-electron chi connectivity index (χ1n) is 25.5. The molecule has 0 bridgehead atoms. The number of pyridine rings is 1. The molecule has 0 amide bonds. The van der Waals surface area contributed by atoms with Crippen molar-refractivity contribution in [2.75, 3.05) is 0 Å². The number of nitrogens with zero attached hydrogens (tertiary/aromatic N) is 4. The first-order valence-corrected chi connectivity index (χ1v) is 25.5. The van der Waals surface area contributed by atoms with Gasteiger partial charge in [-0.05, 0) is 105 Å². The number of fused-ring (bicyclic) bond motifs is 4. The van der Waals surface area contributed by atoms with Gasteiger partial charge in [0.25, 0.3) is 0 Å². The first kappa shape index (κ1) is 46.8. The Kier molecular flexibility index (Phi) is 13.4. The van der Waals surface area contributed by atoms with E-state index >= 15 is 0 Å². The van der Waals surface area contributed by atoms with Gasteiger partial charge in [-0.15, -0.1) is 0 Å². The lowest BCUT2D eigenvalue weighted by Gasteiger charge is -2.30. The van der Waals surface area contributed by atoms with Gasteiger partial charge in [-0.1, -0.05) is 221 Å². The minimum Gasteiger partial charge on any atom is -0.255 e. The van der Waals surface area contributed by atoms with Crippen LogP contribution in [0.2, 0.25) is 0 Å². The molecule has 9 rings (SSSR count). The van der Waals surface area contributed by atoms with E-state index in [1.165, 1.54) is 101 Å². The van der Waals surface area contributed by atoms with Crippen LogP contribution in [0.4, 0.5) is 0 Å². The maximum Gasteiger partial charge on any atom is 0.166 e. The van der Waals surface area contributed by atoms with Crippen LogP contribution in [0.25, 0.3) is 67.3 Å². The molecular formula is C64H70N4. The Balaban J connectivity index is 1.16. The Morgan fingerprint density at radius 2 is 0.941 bits per heavy atom. The highest BCUT2D eigenvalue weighted by atomic mass is 15.0. The van der Waals surface area contributed by atoms with Crippen LogP contribution in [0, 0.1) is 0 Å². The van der Waals surface area contributed by atoms with Crippen LogP contribution in [-0.4, -0.2) is 19.9 Å². The van der Waals surface area contributed by atoms with E-state index in [-0.39, 0.29) is 16.2 Å². The summed E-state index contributed by atoms with van der Waals surface area (Å²) >= 11 is 0. The number of aromatic nitrogens is 4. The molecule has 1 aliphatic rings. The Morgan fingerprint density at radius 1 is 0.441 bits per heavy atom. The molecule has 0 saturated heterocycles. The van der Waals surface area contributed by atoms with Crippen LogP contribution >= 0.6 is 0 Å². The Bertz CT molecular complexity index is 2950. The van der Waals surface area contributed by atoms with Gasteiger partial charge in [0.1, 0.15) is 0 Å². The van der Waals surface area contributed by atoms with Gasteiger partial charge in [-0.2, -0.15) is 0 Å². The molecule has 1 atom stereocenters. The average Bonchev–Trinajstić information content (AvgIpc) is 3.61. The second-order valence-electron chi connectivity index (χ2n) is 21.6. The van der Waals surface area contributed by atoms with Crippen molar-refractivity contribution in [2.24, 2.45) is 0 Å². The third-order valence-electron chi connectivity index (χ3n) is 14.5. The van der Waals surface area contributed by atoms with E-state index in [9.17, 15) is 0 Å². The normalized spacial score (nSPS) is 14.6. The van der Waals surface area contributed by atoms with Gasteiger partial charge in [0.15, 0.2) is 17.5 Å². The predicted octanol–water partition coefficient (Wildman–Crippen LogP) is 17.3. The summed E-state index contributed by atoms with van der Waals surface area (Å²) in [7, 11) is 0. The highest BCUT2D eigenvalue weighted by Crippen LogP contribution is 2.54. The van der Waals surface area contributed by atoms with Crippen LogP contribution in [0.1, 0.15) is 153 Å². The van der Waals surface area contributed by atoms with Crippen LogP contribution in [0.3, 0.4) is 0 Å². The fraction of sp³-hybridized carbons (Fsp3) is 0.344. The minimum atomic E-state index is -0.330. The molecule has 4 heteroatoms. The molecular weight excluding hydrogens is 825 g/mol. The van der Waals surface area contributed by atoms with Crippen LogP contribution in [-0.2, 0) is 29.1 Å². The van der Waals surface area contributed by atoms with Gasteiger partial charge in [-0.25, -0.2) is 15.0 Å². The third-order valence-corrected chi connectivity index (χ3v) is 14.5. The van der Waals surface area contributed by atoms with Gasteiger partial charge in [0, 0.05) is 39.3 Å². The Hall–Kier alpha value is -6.26. The largest absolute Gasteiger partial charge is 0.255 e. The molecule has 1 aliphatic carbocycles. The number of unbranched alkanes of at least 4 members (excludes halogenated alkanes) is 6. The molecule has 68 heavy (non-hydrogen) atoms. The van der Waals surface area contributed by atoms with Crippen molar-refractivity contribution in [3.05, 3.63) is 179 Å². The molecule has 2 heterocycles. The second-order valence-corrected chi connectivity index (χ2v) is 21.6. The lowest BCUT2D eigenvalue weighted by molar-refractivity contribution is 0.590. The molecule has 1 unspecified atom stereocenters. The summed E-state index contributed by atoms with van der Waals surface area (Å²) < 4.78 is 0. The van der Waals surface area contributed by atoms with Crippen molar-refractivity contribution in [1.82, 2.24) is 19.9 Å². The number of rotatable bonds is 15. The monoisotopic (exact) mass is 895 g/mol. The lowest BCUT2D eigenvalue weighted by Crippen LogP contribution is -2.23. The zero-order valence-corrected chi connectivity index (χ0v) is 42.1. The van der Waals surface area contributed by atoms with Crippen molar-refractivity contribution in [3.63, 3.8) is 0 Å². The summed E-state index contributed by atoms with van der Waals surface area (Å²) in [5.74, 6) is 1.90. The zero-order chi connectivity index (χ0) is 47.6. The summed E-state index contributed by atoms with van der Waals surface area (Å²) in [6, 6.07) is 49.7. The summed E-state index contributed by atoms with van der Waals surface area (Å²) in [6.45, 7) is 20.5. The van der Waals surface area contributed by atoms with Crippen molar-refractivity contribution >= 4 is 10.8 Å². The molecule has 0 radical (unpaired) electrons. The fourth-order valence-corrected chi connectivity index (χ4v) is 10.4. The smallest absolute Gasteiger partial charge is 0.166 e. The molecule has 0 N–H and O–H groups in total. The summed E-state index contributed by atoms with van der Waals surface area (Å²) in [5, 5.41) is 2.12. The van der Waals surface area contributed by atoms with Gasteiger partial charge in [-0.3, -0.25) is 4.98 Å². The van der Waals surface area contributed by atoms with E-state index in [1.54, 1.807) is 0 Å². The average molecular weight is 895 g/mol. The van der Waals surface area contributed by atoms with Gasteiger partial charge < -0.3 is 0 Å². The maximum atomic E-state index is 5.36. The molecule has 0 aliphatic heterocycles. The molecule has 4 nitrogen and oxygen atoms in total. The lowest BCUT2D eigenvalue weighted by atomic mass is 9.72. The van der Waals surface area contributed by atoms with E-state index in [0.717, 1.165) is 51.6 Å². The Morgan fingerprint density at radius 3 is 1.50 bits per heavy atom. The molecule has 0 spiro atoms. The first-order chi connectivity index (χ1) is 32.8. The topological polar surface area (TPSA) is 51.6 Å². The van der Waals surface area contributed by atoms with Crippen molar-refractivity contribution in [2.45, 2.75) is 143 Å². The summed E-state index contributed by atoms with van der Waals surface area (Å²) in [4.78, 5) is 20.9. The highest BCUT2D eigenvalue weighted by Gasteiger charge is 2.41. The highest BCUT2D eigenvalue weighted by molar-refractivity contribution is 6.03. The number of hydrogen-bond donors (Lipinski definition) is 0. The Labute approximate surface area is 406 Å². The predicted molar refractivity (Wildman–Crippen MR) is 287 cm³/mol. The third kappa shape index (κ3) is 9.44. The molecule has 0 fully saturated rings. The molecule has 2 aromatic heterocycles. The molecule has 346 valence electrons. The zero-order valence-electron chi connectivity index (χ0n) is 42.1. The second kappa shape index (κ2) is 19.4. The number of benzene rings is 6. The molecule has 8 aromatic rings. The van der Waals surface area contributed by atoms with E-state index in [2.05, 4.69) is 196 Å². The summed E-state index contributed by atoms with van der Waals surface area (Å²) in [6.07, 6.45) is 14.4. The number of aryl methyl sites for hydroxylation is 2. The quantitative estimate of drug-likeness (QED) is 0.0962. The van der Waals surface area contributed by atoms with Crippen LogP contribution < -0.4 is 0 Å². The van der Waals surface area contributed by atoms with Gasteiger partial charge >= 0.3 is 0 Å². The van der Waals surface area contributed by atoms with Crippen LogP contribution in [0.15, 0.2) is 140 Å². The minimum absolute atomic E-state index is 0.0340. The van der Waals surface area contributed by atoms with E-state index < -0.39 is 0 Å². The van der Waals surface area contributed by atoms with Crippen molar-refractivity contribution in [1.29, 1.82) is 0 Å². The molecule has 0 saturated carbocycles. The fourth-order valence-electron chi connectivity index (χ4n) is 10.4. The standard InChI is InChI=1S/C64H70N4/c1-10-12-14-16-22-43-38-44(23-17-15-13-11-2)40-50(39-43)64(9)56-27-21-20-25-52(56)53-37-32-47(41-57(53)64)58-54-26-19-18-24-51(54)55(42-65-58)61-67-59(45-28-33-48(34-29-45)62(3,4)5)66-60(68-61)46-30-35-49(36-31-46)63(6,7)8/h18-21,24-42H,10-17,22-23H2,1-9H3. The van der Waals surface area contributed by atoms with Crippen molar-refractivity contribution in [3.8, 4) is 56.5 Å². The van der Waals surface area contributed by atoms with Crippen molar-refractivity contribution < 1.29 is 0 Å². The SMILES string of the molecule is CCCCCCc1cc(CCCCCC)cc(C2(C)c3ccccc3-c3ccc(-c4ncc(-c5nc(-c6ccc(C(C)(C)C)cc6)nc(-c6ccc(C(C)(C)C)cc6)n5)c5ccccc45)cc32)c1. The molecule has 6 aromatic carbocycles. The maximum absolute atomic E-state index is 5.36. The number of hydrogen-bond acceptors (Lipinski definition) is 4. The van der Waals surface area contributed by atoms with Gasteiger partial charge in [0.2, 0.25) is 0 Å². The van der Waals surface area contributed by atoms with Gasteiger partial charge in [0.05, 0.1) is 5.69 Å². The summed E-state index contributed by atoms with van der Waals surface area (Å²) in [5.41, 5.74) is 16.8. The van der Waals surface area contributed by atoms with E-state index in [0.29, 0.717) is 17.5 Å². The van der Waals surface area contributed by atoms with E-state index in [4.69, 9.17) is 19.9 Å². The van der Waals surface area contributed by atoms with Crippen LogP contribution in [0.5, 0.6) is 0 Å². The van der Waals surface area contributed by atoms with E-state index in [1.807, 2.05) is 6.20 Å².